The first-order valence-electron chi connectivity index (χ1n) is 8.75. The summed E-state index contributed by atoms with van der Waals surface area (Å²) in [6.07, 6.45) is 3.32. The van der Waals surface area contributed by atoms with Gasteiger partial charge in [0.1, 0.15) is 5.60 Å². The molecule has 0 bridgehead atoms. The fraction of sp³-hybridized carbons (Fsp3) is 0.600. The summed E-state index contributed by atoms with van der Waals surface area (Å²) in [7, 11) is 0. The summed E-state index contributed by atoms with van der Waals surface area (Å²) in [6, 6.07) is 12.8. The minimum atomic E-state index is -0.502. The second-order valence-corrected chi connectivity index (χ2v) is 8.26. The van der Waals surface area contributed by atoms with Crippen LogP contribution in [0, 0.1) is 16.7 Å². The van der Waals surface area contributed by atoms with Crippen molar-refractivity contribution in [2.75, 3.05) is 6.54 Å². The number of carbonyl (C=O) groups excluding carboxylic acids is 1. The van der Waals surface area contributed by atoms with Crippen molar-refractivity contribution < 1.29 is 9.53 Å². The summed E-state index contributed by atoms with van der Waals surface area (Å²) in [5.74, 6) is 0.386. The van der Waals surface area contributed by atoms with Crippen molar-refractivity contribution in [3.63, 3.8) is 0 Å². The maximum Gasteiger partial charge on any atom is 0.410 e. The zero-order chi connectivity index (χ0) is 17.4. The monoisotopic (exact) mass is 326 g/mol. The van der Waals surface area contributed by atoms with Gasteiger partial charge in [-0.25, -0.2) is 4.79 Å². The second-order valence-electron chi connectivity index (χ2n) is 8.26. The molecule has 2 aliphatic rings. The molecule has 0 saturated heterocycles. The Morgan fingerprint density at radius 1 is 1.33 bits per heavy atom. The quantitative estimate of drug-likeness (QED) is 0.802. The molecule has 0 unspecified atom stereocenters. The maximum absolute atomic E-state index is 12.7. The number of nitrogens with zero attached hydrogens (tertiary/aromatic N) is 2. The van der Waals surface area contributed by atoms with Crippen molar-refractivity contribution in [3.05, 3.63) is 35.9 Å². The second kappa shape index (κ2) is 6.12. The lowest BCUT2D eigenvalue weighted by atomic mass is 10.0. The van der Waals surface area contributed by atoms with Gasteiger partial charge in [-0.15, -0.1) is 0 Å². The molecule has 2 saturated carbocycles. The molecule has 1 amide bonds. The number of ether oxygens (including phenoxy) is 1. The fourth-order valence-electron chi connectivity index (χ4n) is 3.32. The molecule has 1 aromatic rings. The van der Waals surface area contributed by atoms with E-state index in [4.69, 9.17) is 10.00 Å². The van der Waals surface area contributed by atoms with Gasteiger partial charge in [-0.1, -0.05) is 30.3 Å². The Morgan fingerprint density at radius 3 is 2.54 bits per heavy atom. The van der Waals surface area contributed by atoms with E-state index in [-0.39, 0.29) is 17.6 Å². The molecule has 0 N–H and O–H groups in total. The zero-order valence-corrected chi connectivity index (χ0v) is 14.8. The number of hydrogen-bond acceptors (Lipinski definition) is 3. The van der Waals surface area contributed by atoms with Crippen molar-refractivity contribution in [1.82, 2.24) is 4.90 Å². The molecule has 0 aromatic heterocycles. The van der Waals surface area contributed by atoms with E-state index >= 15 is 0 Å². The van der Waals surface area contributed by atoms with E-state index < -0.39 is 5.60 Å². The normalized spacial score (nSPS) is 23.9. The van der Waals surface area contributed by atoms with Gasteiger partial charge in [0.2, 0.25) is 0 Å². The third-order valence-electron chi connectivity index (χ3n) is 4.93. The summed E-state index contributed by atoms with van der Waals surface area (Å²) < 4.78 is 5.64. The average molecular weight is 326 g/mol. The summed E-state index contributed by atoms with van der Waals surface area (Å²) in [6.45, 7) is 6.33. The van der Waals surface area contributed by atoms with Crippen LogP contribution < -0.4 is 0 Å². The lowest BCUT2D eigenvalue weighted by molar-refractivity contribution is 0.0189. The Morgan fingerprint density at radius 2 is 2.00 bits per heavy atom. The van der Waals surface area contributed by atoms with E-state index in [0.717, 1.165) is 19.3 Å². The van der Waals surface area contributed by atoms with Crippen LogP contribution in [0.4, 0.5) is 4.79 Å². The third-order valence-corrected chi connectivity index (χ3v) is 4.93. The SMILES string of the molecule is CC(C)(C)OC(=O)N(CC1(CC#N)CC1)[C@@H]1C[C@H]1c1ccccc1. The van der Waals surface area contributed by atoms with Gasteiger partial charge in [0.25, 0.3) is 0 Å². The van der Waals surface area contributed by atoms with Gasteiger partial charge in [-0.05, 0) is 45.6 Å². The van der Waals surface area contributed by atoms with Gasteiger partial charge < -0.3 is 9.64 Å². The molecule has 0 aliphatic heterocycles. The number of benzene rings is 1. The average Bonchev–Trinajstić information content (AvgIpc) is 3.40. The molecule has 2 fully saturated rings. The van der Waals surface area contributed by atoms with Crippen LogP contribution >= 0.6 is 0 Å². The van der Waals surface area contributed by atoms with Crippen LogP contribution in [-0.4, -0.2) is 29.2 Å². The Hall–Kier alpha value is -2.02. The number of carbonyl (C=O) groups is 1. The molecule has 2 atom stereocenters. The van der Waals surface area contributed by atoms with Crippen molar-refractivity contribution in [2.24, 2.45) is 5.41 Å². The van der Waals surface area contributed by atoms with Gasteiger partial charge in [0, 0.05) is 30.3 Å². The lowest BCUT2D eigenvalue weighted by Crippen LogP contribution is -2.42. The molecule has 4 nitrogen and oxygen atoms in total. The first kappa shape index (κ1) is 16.8. The smallest absolute Gasteiger partial charge is 0.410 e. The fourth-order valence-corrected chi connectivity index (χ4v) is 3.32. The van der Waals surface area contributed by atoms with E-state index in [1.54, 1.807) is 0 Å². The Kier molecular flexibility index (Phi) is 4.29. The molecule has 1 aromatic carbocycles. The van der Waals surface area contributed by atoms with Crippen LogP contribution in [0.15, 0.2) is 30.3 Å². The predicted molar refractivity (Wildman–Crippen MR) is 92.4 cm³/mol. The molecule has 2 aliphatic carbocycles. The number of rotatable bonds is 5. The molecular weight excluding hydrogens is 300 g/mol. The number of hydrogen-bond donors (Lipinski definition) is 0. The molecular formula is C20H26N2O2. The van der Waals surface area contributed by atoms with Gasteiger partial charge in [-0.3, -0.25) is 0 Å². The standard InChI is InChI=1S/C20H26N2O2/c1-19(2,3)24-18(23)22(14-20(9-10-20)11-12-21)17-13-16(17)15-7-5-4-6-8-15/h4-8,16-17H,9-11,13-14H2,1-3H3/t16-,17+/m0/s1. The first-order valence-corrected chi connectivity index (χ1v) is 8.75. The van der Waals surface area contributed by atoms with Gasteiger partial charge in [0.05, 0.1) is 6.07 Å². The predicted octanol–water partition coefficient (Wildman–Crippen LogP) is 4.47. The summed E-state index contributed by atoms with van der Waals surface area (Å²) in [4.78, 5) is 14.6. The molecule has 0 spiro atoms. The highest BCUT2D eigenvalue weighted by Crippen LogP contribution is 2.52. The highest BCUT2D eigenvalue weighted by molar-refractivity contribution is 5.69. The van der Waals surface area contributed by atoms with E-state index in [2.05, 4.69) is 18.2 Å². The van der Waals surface area contributed by atoms with Crippen LogP contribution in [-0.2, 0) is 4.74 Å². The van der Waals surface area contributed by atoms with Crippen LogP contribution in [0.3, 0.4) is 0 Å². The minimum Gasteiger partial charge on any atom is -0.444 e. The van der Waals surface area contributed by atoms with Gasteiger partial charge in [-0.2, -0.15) is 5.26 Å². The van der Waals surface area contributed by atoms with E-state index in [1.807, 2.05) is 43.9 Å². The van der Waals surface area contributed by atoms with Crippen molar-refractivity contribution in [2.45, 2.75) is 64.0 Å². The highest BCUT2D eigenvalue weighted by Gasteiger charge is 2.52. The summed E-state index contributed by atoms with van der Waals surface area (Å²) in [5.41, 5.74) is 0.773. The zero-order valence-electron chi connectivity index (χ0n) is 14.8. The minimum absolute atomic E-state index is 0.00448. The molecule has 3 rings (SSSR count). The van der Waals surface area contributed by atoms with E-state index in [0.29, 0.717) is 18.9 Å². The Balaban J connectivity index is 1.74. The van der Waals surface area contributed by atoms with Crippen molar-refractivity contribution in [1.29, 1.82) is 5.26 Å². The van der Waals surface area contributed by atoms with Crippen LogP contribution in [0.2, 0.25) is 0 Å². The third kappa shape index (κ3) is 3.90. The molecule has 0 heterocycles. The summed E-state index contributed by atoms with van der Waals surface area (Å²) in [5, 5.41) is 9.08. The number of nitriles is 1. The molecule has 128 valence electrons. The van der Waals surface area contributed by atoms with Gasteiger partial charge >= 0.3 is 6.09 Å². The van der Waals surface area contributed by atoms with Crippen molar-refractivity contribution >= 4 is 6.09 Å². The Bertz CT molecular complexity index is 638. The van der Waals surface area contributed by atoms with E-state index in [9.17, 15) is 4.79 Å². The Labute approximate surface area is 144 Å². The van der Waals surface area contributed by atoms with Gasteiger partial charge in [0.15, 0.2) is 0 Å². The van der Waals surface area contributed by atoms with Crippen molar-refractivity contribution in [3.8, 4) is 6.07 Å². The lowest BCUT2D eigenvalue weighted by Gasteiger charge is -2.30. The van der Waals surface area contributed by atoms with Crippen LogP contribution in [0.1, 0.15) is 57.9 Å². The largest absolute Gasteiger partial charge is 0.444 e. The number of amides is 1. The molecule has 24 heavy (non-hydrogen) atoms. The first-order chi connectivity index (χ1) is 11.3. The molecule has 0 radical (unpaired) electrons. The van der Waals surface area contributed by atoms with Crippen LogP contribution in [0.25, 0.3) is 0 Å². The van der Waals surface area contributed by atoms with Crippen LogP contribution in [0.5, 0.6) is 0 Å². The topological polar surface area (TPSA) is 53.3 Å². The molecule has 4 heteroatoms. The van der Waals surface area contributed by atoms with E-state index in [1.165, 1.54) is 5.56 Å². The highest BCUT2D eigenvalue weighted by atomic mass is 16.6. The maximum atomic E-state index is 12.7. The summed E-state index contributed by atoms with van der Waals surface area (Å²) >= 11 is 0.